The first-order valence-corrected chi connectivity index (χ1v) is 16.6. The molecule has 2 atom stereocenters. The van der Waals surface area contributed by atoms with Crippen molar-refractivity contribution in [3.05, 3.63) is 156 Å². The van der Waals surface area contributed by atoms with Gasteiger partial charge in [0.25, 0.3) is 0 Å². The van der Waals surface area contributed by atoms with Gasteiger partial charge in [-0.1, -0.05) is 123 Å². The van der Waals surface area contributed by atoms with Gasteiger partial charge in [0.05, 0.1) is 0 Å². The Kier molecular flexibility index (Phi) is 7.29. The zero-order chi connectivity index (χ0) is 32.9. The van der Waals surface area contributed by atoms with E-state index in [1.807, 2.05) is 36.4 Å². The van der Waals surface area contributed by atoms with E-state index < -0.39 is 0 Å². The summed E-state index contributed by atoms with van der Waals surface area (Å²) >= 11 is 0. The molecule has 0 aliphatic heterocycles. The number of allylic oxidation sites excluding steroid dienone is 2. The third-order valence-electron chi connectivity index (χ3n) is 10.3. The second-order valence-corrected chi connectivity index (χ2v) is 13.0. The molecule has 1 unspecified atom stereocenters. The fourth-order valence-corrected chi connectivity index (χ4v) is 7.33. The lowest BCUT2D eigenvalue weighted by atomic mass is 9.73. The Balaban J connectivity index is 1.32. The average Bonchev–Trinajstić information content (AvgIpc) is 3.53. The highest BCUT2D eigenvalue weighted by molar-refractivity contribution is 6.23. The van der Waals surface area contributed by atoms with Gasteiger partial charge in [-0.25, -0.2) is 4.99 Å². The molecule has 1 aliphatic carbocycles. The number of furan rings is 1. The number of nitrogens with zero attached hydrogens (tertiary/aromatic N) is 2. The Morgan fingerprint density at radius 2 is 1.35 bits per heavy atom. The first-order valence-electron chi connectivity index (χ1n) is 16.6. The Morgan fingerprint density at radius 3 is 2.12 bits per heavy atom. The standard InChI is InChI=1S/C44H37N3O/c1-27-28(2)41(29(27)3)47(4)44(46-43(45)35-23-20-31-14-8-9-15-34(31)26-35)38-25-24-36(42-40(38)37-16-10-11-17-39(37)48-42)33-21-18-32(19-22-33)30-12-6-5-7-13-30/h5-28,45H,1-4H3/t27?,28-/m1/s1. The molecule has 0 saturated carbocycles. The van der Waals surface area contributed by atoms with Gasteiger partial charge in [0, 0.05) is 46.1 Å². The van der Waals surface area contributed by atoms with Crippen molar-refractivity contribution in [2.24, 2.45) is 16.8 Å². The van der Waals surface area contributed by atoms with Crippen LogP contribution in [0, 0.1) is 17.2 Å². The van der Waals surface area contributed by atoms with E-state index in [1.54, 1.807) is 0 Å². The first-order chi connectivity index (χ1) is 23.4. The SMILES string of the molecule is CC1=C(N(C)C(=NC(=N)c2ccc3ccccc3c2)c2ccc(-c3ccc(-c4ccccc4)cc3)c3oc4ccccc4c23)[C@H](C)C1C. The first kappa shape index (κ1) is 29.6. The topological polar surface area (TPSA) is 52.6 Å². The maximum atomic E-state index is 9.28. The average molecular weight is 624 g/mol. The van der Waals surface area contributed by atoms with Crippen LogP contribution in [0.15, 0.2) is 154 Å². The van der Waals surface area contributed by atoms with Crippen molar-refractivity contribution in [3.8, 4) is 22.3 Å². The summed E-state index contributed by atoms with van der Waals surface area (Å²) in [6.45, 7) is 6.78. The highest BCUT2D eigenvalue weighted by Crippen LogP contribution is 2.44. The van der Waals surface area contributed by atoms with Gasteiger partial charge in [0.2, 0.25) is 0 Å². The van der Waals surface area contributed by atoms with Crippen molar-refractivity contribution in [2.45, 2.75) is 20.8 Å². The van der Waals surface area contributed by atoms with Crippen LogP contribution in [0.3, 0.4) is 0 Å². The van der Waals surface area contributed by atoms with Gasteiger partial charge in [-0.15, -0.1) is 0 Å². The Bertz CT molecular complexity index is 2410. The number of hydrogen-bond acceptors (Lipinski definition) is 2. The smallest absolute Gasteiger partial charge is 0.154 e. The van der Waals surface area contributed by atoms with Gasteiger partial charge < -0.3 is 9.32 Å². The normalized spacial score (nSPS) is 16.5. The van der Waals surface area contributed by atoms with Crippen molar-refractivity contribution in [1.82, 2.24) is 4.90 Å². The number of aliphatic imine (C=N–C) groups is 1. The summed E-state index contributed by atoms with van der Waals surface area (Å²) in [4.78, 5) is 7.36. The van der Waals surface area contributed by atoms with Crippen LogP contribution in [-0.2, 0) is 0 Å². The number of fused-ring (bicyclic) bond motifs is 4. The summed E-state index contributed by atoms with van der Waals surface area (Å²) in [7, 11) is 2.10. The molecular formula is C44H37N3O. The minimum Gasteiger partial charge on any atom is -0.455 e. The van der Waals surface area contributed by atoms with E-state index in [-0.39, 0.29) is 5.84 Å². The molecule has 0 radical (unpaired) electrons. The van der Waals surface area contributed by atoms with Crippen LogP contribution in [0.2, 0.25) is 0 Å². The molecule has 7 aromatic rings. The van der Waals surface area contributed by atoms with E-state index >= 15 is 0 Å². The number of amidine groups is 2. The Hall–Kier alpha value is -5.74. The molecule has 48 heavy (non-hydrogen) atoms. The van der Waals surface area contributed by atoms with Gasteiger partial charge >= 0.3 is 0 Å². The summed E-state index contributed by atoms with van der Waals surface area (Å²) in [5, 5.41) is 13.6. The van der Waals surface area contributed by atoms with Crippen LogP contribution in [0.1, 0.15) is 31.9 Å². The maximum Gasteiger partial charge on any atom is 0.154 e. The largest absolute Gasteiger partial charge is 0.455 e. The van der Waals surface area contributed by atoms with Gasteiger partial charge in [0.1, 0.15) is 17.0 Å². The minimum absolute atomic E-state index is 0.224. The van der Waals surface area contributed by atoms with Crippen LogP contribution >= 0.6 is 0 Å². The molecule has 1 aliphatic rings. The van der Waals surface area contributed by atoms with Crippen molar-refractivity contribution in [1.29, 1.82) is 5.41 Å². The van der Waals surface area contributed by atoms with Crippen molar-refractivity contribution in [3.63, 3.8) is 0 Å². The molecular weight excluding hydrogens is 587 g/mol. The highest BCUT2D eigenvalue weighted by Gasteiger charge is 2.35. The van der Waals surface area contributed by atoms with Crippen LogP contribution < -0.4 is 0 Å². The van der Waals surface area contributed by atoms with E-state index in [0.29, 0.717) is 11.8 Å². The van der Waals surface area contributed by atoms with Crippen molar-refractivity contribution >= 4 is 44.4 Å². The van der Waals surface area contributed by atoms with E-state index in [4.69, 9.17) is 9.41 Å². The number of nitrogens with one attached hydrogen (secondary N) is 1. The molecule has 1 heterocycles. The quantitative estimate of drug-likeness (QED) is 0.153. The van der Waals surface area contributed by atoms with Gasteiger partial charge in [-0.3, -0.25) is 5.41 Å². The van der Waals surface area contributed by atoms with E-state index in [0.717, 1.165) is 60.8 Å². The molecule has 0 spiro atoms. The number of rotatable bonds is 5. The molecule has 0 bridgehead atoms. The zero-order valence-electron chi connectivity index (χ0n) is 27.7. The van der Waals surface area contributed by atoms with Crippen molar-refractivity contribution < 1.29 is 4.42 Å². The summed E-state index contributed by atoms with van der Waals surface area (Å²) < 4.78 is 6.68. The molecule has 1 aromatic heterocycles. The summed E-state index contributed by atoms with van der Waals surface area (Å²) in [6, 6.07) is 46.0. The van der Waals surface area contributed by atoms with Crippen LogP contribution in [0.25, 0.3) is 55.0 Å². The molecule has 0 saturated heterocycles. The van der Waals surface area contributed by atoms with Gasteiger partial charge in [-0.05, 0) is 70.1 Å². The predicted molar refractivity (Wildman–Crippen MR) is 201 cm³/mol. The molecule has 234 valence electrons. The number of para-hydroxylation sites is 1. The number of benzene rings is 6. The third-order valence-corrected chi connectivity index (χ3v) is 10.3. The second kappa shape index (κ2) is 11.8. The van der Waals surface area contributed by atoms with Crippen molar-refractivity contribution in [2.75, 3.05) is 7.05 Å². The lowest BCUT2D eigenvalue weighted by Crippen LogP contribution is -2.39. The Labute approximate surface area is 281 Å². The van der Waals surface area contributed by atoms with E-state index in [2.05, 4.69) is 130 Å². The maximum absolute atomic E-state index is 9.28. The third kappa shape index (κ3) is 4.92. The van der Waals surface area contributed by atoms with E-state index in [9.17, 15) is 5.41 Å². The van der Waals surface area contributed by atoms with Crippen LogP contribution in [0.4, 0.5) is 0 Å². The van der Waals surface area contributed by atoms with E-state index in [1.165, 1.54) is 22.4 Å². The minimum atomic E-state index is 0.224. The molecule has 0 fully saturated rings. The van der Waals surface area contributed by atoms with Gasteiger partial charge in [-0.2, -0.15) is 0 Å². The second-order valence-electron chi connectivity index (χ2n) is 13.0. The molecule has 6 aromatic carbocycles. The molecule has 0 amide bonds. The van der Waals surface area contributed by atoms with Gasteiger partial charge in [0.15, 0.2) is 5.84 Å². The molecule has 4 heteroatoms. The highest BCUT2D eigenvalue weighted by atomic mass is 16.3. The lowest BCUT2D eigenvalue weighted by Gasteiger charge is -2.42. The summed E-state index contributed by atoms with van der Waals surface area (Å²) in [5.41, 5.74) is 10.5. The lowest BCUT2D eigenvalue weighted by molar-refractivity contribution is 0.341. The fraction of sp³-hybridized carbons (Fsp3) is 0.136. The Morgan fingerprint density at radius 1 is 0.688 bits per heavy atom. The zero-order valence-corrected chi connectivity index (χ0v) is 27.7. The summed E-state index contributed by atoms with van der Waals surface area (Å²) in [5.74, 6) is 1.85. The number of hydrogen-bond donors (Lipinski definition) is 1. The molecule has 1 N–H and O–H groups in total. The monoisotopic (exact) mass is 623 g/mol. The molecule has 4 nitrogen and oxygen atoms in total. The van der Waals surface area contributed by atoms with Crippen LogP contribution in [0.5, 0.6) is 0 Å². The van der Waals surface area contributed by atoms with Crippen LogP contribution in [-0.4, -0.2) is 23.6 Å². The summed E-state index contributed by atoms with van der Waals surface area (Å²) in [6.07, 6.45) is 0. The molecule has 8 rings (SSSR count). The predicted octanol–water partition coefficient (Wildman–Crippen LogP) is 11.3. The fourth-order valence-electron chi connectivity index (χ4n) is 7.33.